The average Bonchev–Trinajstić information content (AvgIpc) is 2.97. The highest BCUT2D eigenvalue weighted by Crippen LogP contribution is 2.43. The van der Waals surface area contributed by atoms with Gasteiger partial charge >= 0.3 is 13.3 Å². The Morgan fingerprint density at radius 3 is 2.67 bits per heavy atom. The van der Waals surface area contributed by atoms with Crippen LogP contribution < -0.4 is 17.0 Å². The van der Waals surface area contributed by atoms with Gasteiger partial charge in [0.25, 0.3) is 5.56 Å². The molecule has 0 amide bonds. The third kappa shape index (κ3) is 6.10. The zero-order chi connectivity index (χ0) is 20.0. The summed E-state index contributed by atoms with van der Waals surface area (Å²) in [5, 5.41) is 9.43. The Morgan fingerprint density at radius 1 is 1.33 bits per heavy atom. The van der Waals surface area contributed by atoms with Gasteiger partial charge in [-0.05, 0) is 19.4 Å². The predicted octanol–water partition coefficient (Wildman–Crippen LogP) is 0.00930. The lowest BCUT2D eigenvalue weighted by Gasteiger charge is -2.17. The molecule has 1 saturated heterocycles. The Balaban J connectivity index is 2.14. The monoisotopic (exact) mass is 405 g/mol. The minimum absolute atomic E-state index is 0.109. The first-order valence-corrected chi connectivity index (χ1v) is 11.1. The first kappa shape index (κ1) is 22.0. The Hall–Kier alpha value is -1.29. The fourth-order valence-corrected chi connectivity index (χ4v) is 3.85. The number of nitrogens with two attached hydrogens (primary N) is 1. The molecule has 4 atom stereocenters. The number of nitrogens with zero attached hydrogens (tertiary/aromatic N) is 2. The normalized spacial score (nSPS) is 24.8. The summed E-state index contributed by atoms with van der Waals surface area (Å²) in [6.07, 6.45) is 2.37. The van der Waals surface area contributed by atoms with E-state index in [-0.39, 0.29) is 6.42 Å². The second-order valence-electron chi connectivity index (χ2n) is 6.69. The van der Waals surface area contributed by atoms with Crippen molar-refractivity contribution >= 4 is 7.60 Å². The Labute approximate surface area is 157 Å². The van der Waals surface area contributed by atoms with Crippen LogP contribution in [0.5, 0.6) is 0 Å². The summed E-state index contributed by atoms with van der Waals surface area (Å²) in [6, 6.07) is 1.28. The maximum atomic E-state index is 12.7. The Kier molecular flexibility index (Phi) is 7.96. The van der Waals surface area contributed by atoms with Crippen molar-refractivity contribution in [3.05, 3.63) is 33.1 Å². The van der Waals surface area contributed by atoms with E-state index in [1.807, 2.05) is 0 Å². The summed E-state index contributed by atoms with van der Waals surface area (Å²) in [5.41, 5.74) is 4.53. The van der Waals surface area contributed by atoms with Gasteiger partial charge in [0, 0.05) is 31.9 Å². The molecule has 0 saturated carbocycles. The molecule has 2 unspecified atom stereocenters. The van der Waals surface area contributed by atoms with Crippen molar-refractivity contribution < 1.29 is 23.8 Å². The van der Waals surface area contributed by atoms with Gasteiger partial charge < -0.3 is 25.0 Å². The molecule has 154 valence electrons. The lowest BCUT2D eigenvalue weighted by molar-refractivity contribution is -0.0434. The smallest absolute Gasteiger partial charge is 0.333 e. The van der Waals surface area contributed by atoms with Gasteiger partial charge in [-0.1, -0.05) is 12.8 Å². The quantitative estimate of drug-likeness (QED) is 0.364. The highest BCUT2D eigenvalue weighted by Gasteiger charge is 2.39. The van der Waals surface area contributed by atoms with E-state index in [1.54, 1.807) is 0 Å². The molecule has 4 N–H and O–H groups in total. The molecule has 1 aromatic heterocycles. The zero-order valence-electron chi connectivity index (χ0n) is 15.4. The number of aromatic nitrogens is 2. The lowest BCUT2D eigenvalue weighted by atomic mass is 10.2. The molecule has 10 nitrogen and oxygen atoms in total. The first-order valence-electron chi connectivity index (χ1n) is 9.04. The molecule has 27 heavy (non-hydrogen) atoms. The van der Waals surface area contributed by atoms with E-state index in [9.17, 15) is 24.2 Å². The molecule has 0 radical (unpaired) electrons. The maximum Gasteiger partial charge on any atom is 0.333 e. The van der Waals surface area contributed by atoms with Crippen LogP contribution in [0.15, 0.2) is 21.9 Å². The molecule has 2 rings (SSSR count). The topological polar surface area (TPSA) is 146 Å². The van der Waals surface area contributed by atoms with Crippen LogP contribution in [0.1, 0.15) is 38.3 Å². The summed E-state index contributed by atoms with van der Waals surface area (Å²) >= 11 is 0. The van der Waals surface area contributed by atoms with Crippen LogP contribution >= 0.6 is 7.60 Å². The number of hydrogen-bond acceptors (Lipinski definition) is 7. The van der Waals surface area contributed by atoms with Crippen LogP contribution in [0.3, 0.4) is 0 Å². The lowest BCUT2D eigenvalue weighted by Crippen LogP contribution is -2.40. The number of ether oxygens (including phenoxy) is 1. The zero-order valence-corrected chi connectivity index (χ0v) is 16.3. The highest BCUT2D eigenvalue weighted by atomic mass is 31.2. The third-order valence-electron chi connectivity index (χ3n) is 4.43. The molecule has 1 aliphatic rings. The first-order chi connectivity index (χ1) is 12.8. The largest absolute Gasteiger partial charge is 0.394 e. The van der Waals surface area contributed by atoms with Crippen molar-refractivity contribution in [2.75, 3.05) is 19.8 Å². The van der Waals surface area contributed by atoms with Gasteiger partial charge in [-0.25, -0.2) is 4.79 Å². The minimum Gasteiger partial charge on any atom is -0.394 e. The SMILES string of the molecule is CP(=O)(O)OC1C[C@H](n2ccc(=O)n(CCCCCCN)c2=O)O[C@@H]1CO. The summed E-state index contributed by atoms with van der Waals surface area (Å²) in [7, 11) is -3.78. The average molecular weight is 405 g/mol. The summed E-state index contributed by atoms with van der Waals surface area (Å²) in [5.74, 6) is 0. The number of aliphatic hydroxyl groups is 1. The number of rotatable bonds is 10. The molecule has 0 aromatic carbocycles. The van der Waals surface area contributed by atoms with E-state index in [0.717, 1.165) is 30.5 Å². The fourth-order valence-electron chi connectivity index (χ4n) is 3.12. The molecular weight excluding hydrogens is 377 g/mol. The van der Waals surface area contributed by atoms with Crippen LogP contribution in [0.25, 0.3) is 0 Å². The van der Waals surface area contributed by atoms with Gasteiger partial charge in [0.15, 0.2) is 0 Å². The van der Waals surface area contributed by atoms with Crippen molar-refractivity contribution in [1.29, 1.82) is 0 Å². The van der Waals surface area contributed by atoms with E-state index in [2.05, 4.69) is 0 Å². The van der Waals surface area contributed by atoms with Crippen LogP contribution in [0.4, 0.5) is 0 Å². The summed E-state index contributed by atoms with van der Waals surface area (Å²) in [4.78, 5) is 34.2. The van der Waals surface area contributed by atoms with Crippen LogP contribution in [0, 0.1) is 0 Å². The van der Waals surface area contributed by atoms with Crippen molar-refractivity contribution in [1.82, 2.24) is 9.13 Å². The van der Waals surface area contributed by atoms with Gasteiger partial charge in [-0.2, -0.15) is 0 Å². The van der Waals surface area contributed by atoms with Crippen molar-refractivity contribution in [3.8, 4) is 0 Å². The van der Waals surface area contributed by atoms with Gasteiger partial charge in [0.2, 0.25) is 0 Å². The Morgan fingerprint density at radius 2 is 2.04 bits per heavy atom. The number of aliphatic hydroxyl groups excluding tert-OH is 1. The number of hydrogen-bond donors (Lipinski definition) is 3. The van der Waals surface area contributed by atoms with Gasteiger partial charge in [-0.15, -0.1) is 0 Å². The second-order valence-corrected chi connectivity index (χ2v) is 8.51. The standard InChI is InChI=1S/C16H28N3O7P/c1-27(23,24)26-12-10-15(25-13(12)11-20)19-9-6-14(21)18(16(19)22)8-5-3-2-4-7-17/h6,9,12-13,15,20H,2-5,7-8,10-11,17H2,1H3,(H,23,24)/t12?,13-,15-/m1/s1. The molecule has 11 heteroatoms. The third-order valence-corrected chi connectivity index (χ3v) is 5.09. The van der Waals surface area contributed by atoms with Crippen LogP contribution in [0.2, 0.25) is 0 Å². The van der Waals surface area contributed by atoms with Gasteiger partial charge in [-0.3, -0.25) is 18.5 Å². The number of unbranched alkanes of at least 4 members (excludes halogenated alkanes) is 3. The molecule has 1 fully saturated rings. The summed E-state index contributed by atoms with van der Waals surface area (Å²) in [6.45, 7) is 1.54. The van der Waals surface area contributed by atoms with E-state index < -0.39 is 43.9 Å². The predicted molar refractivity (Wildman–Crippen MR) is 98.7 cm³/mol. The highest BCUT2D eigenvalue weighted by molar-refractivity contribution is 7.51. The van der Waals surface area contributed by atoms with Crippen molar-refractivity contribution in [2.45, 2.75) is 57.1 Å². The van der Waals surface area contributed by atoms with Gasteiger partial charge in [0.1, 0.15) is 12.3 Å². The molecule has 0 spiro atoms. The van der Waals surface area contributed by atoms with Crippen LogP contribution in [-0.4, -0.2) is 51.2 Å². The fraction of sp³-hybridized carbons (Fsp3) is 0.750. The minimum atomic E-state index is -3.78. The van der Waals surface area contributed by atoms with E-state index in [4.69, 9.17) is 15.0 Å². The molecule has 0 aliphatic carbocycles. The van der Waals surface area contributed by atoms with Gasteiger partial charge in [0.05, 0.1) is 12.7 Å². The molecule has 1 aromatic rings. The second kappa shape index (κ2) is 9.77. The Bertz CT molecular complexity index is 772. The molecular formula is C16H28N3O7P. The maximum absolute atomic E-state index is 12.7. The summed E-state index contributed by atoms with van der Waals surface area (Å²) < 4.78 is 24.6. The molecule has 1 aliphatic heterocycles. The van der Waals surface area contributed by atoms with E-state index in [0.29, 0.717) is 19.5 Å². The molecule has 2 heterocycles. The van der Waals surface area contributed by atoms with E-state index in [1.165, 1.54) is 16.8 Å². The van der Waals surface area contributed by atoms with Crippen molar-refractivity contribution in [2.24, 2.45) is 5.73 Å². The molecule has 0 bridgehead atoms. The van der Waals surface area contributed by atoms with Crippen molar-refractivity contribution in [3.63, 3.8) is 0 Å². The van der Waals surface area contributed by atoms with Crippen LogP contribution in [-0.2, 0) is 20.4 Å². The van der Waals surface area contributed by atoms with E-state index >= 15 is 0 Å².